The minimum Gasteiger partial charge on any atom is -0.294 e. The number of rotatable bonds is 7. The second-order valence-electron chi connectivity index (χ2n) is 38.6. The summed E-state index contributed by atoms with van der Waals surface area (Å²) in [6, 6.07) is 101. The minimum atomic E-state index is -2.19. The largest absolute Gasteiger partial charge is 0.294 e. The lowest BCUT2D eigenvalue weighted by Crippen LogP contribution is -2.16. The Morgan fingerprint density at radius 1 is 0.256 bits per heavy atom. The molecule has 0 saturated carbocycles. The monoisotopic (exact) mass is 1660 g/mol. The van der Waals surface area contributed by atoms with Gasteiger partial charge in [0.05, 0.1) is 50.5 Å². The quantitative estimate of drug-likeness (QED) is 0.157. The van der Waals surface area contributed by atoms with Crippen LogP contribution in [0.15, 0.2) is 328 Å². The Hall–Kier alpha value is -12.6. The van der Waals surface area contributed by atoms with Gasteiger partial charge in [0.15, 0.2) is 0 Å². The van der Waals surface area contributed by atoms with Crippen molar-refractivity contribution in [2.24, 2.45) is 0 Å². The van der Waals surface area contributed by atoms with Gasteiger partial charge in [-0.3, -0.25) is 34.1 Å². The van der Waals surface area contributed by atoms with E-state index in [2.05, 4.69) is 287 Å². The molecule has 9 heterocycles. The van der Waals surface area contributed by atoms with E-state index in [0.717, 1.165) is 72.9 Å². The Bertz CT molecular complexity index is 6710. The van der Waals surface area contributed by atoms with Crippen molar-refractivity contribution in [3.63, 3.8) is 0 Å². The van der Waals surface area contributed by atoms with Crippen molar-refractivity contribution in [3.05, 3.63) is 390 Å². The van der Waals surface area contributed by atoms with Crippen molar-refractivity contribution in [1.82, 2.24) is 44.0 Å². The van der Waals surface area contributed by atoms with Crippen molar-refractivity contribution in [1.29, 1.82) is 0 Å². The number of para-hydroxylation sites is 4. The van der Waals surface area contributed by atoms with Crippen LogP contribution in [-0.2, 0) is 44.3 Å². The predicted octanol–water partition coefficient (Wildman–Crippen LogP) is 31.0. The molecule has 9 nitrogen and oxygen atoms in total. The third-order valence-electron chi connectivity index (χ3n) is 21.2. The van der Waals surface area contributed by atoms with Crippen molar-refractivity contribution < 1.29 is 15.1 Å². The number of nitrogens with zero attached hydrogens (tertiary/aromatic N) is 9. The molecule has 0 aliphatic carbocycles. The third-order valence-corrected chi connectivity index (χ3v) is 21.2. The first-order chi connectivity index (χ1) is 63.5. The minimum absolute atomic E-state index is 0.0695. The molecule has 125 heavy (non-hydrogen) atoms. The number of aryl methyl sites for hydroxylation is 4. The van der Waals surface area contributed by atoms with Gasteiger partial charge in [0.2, 0.25) is 0 Å². The molecular weight excluding hydrogens is 1520 g/mol. The molecule has 0 atom stereocenters. The molecule has 9 aromatic heterocycles. The second kappa shape index (κ2) is 39.9. The Labute approximate surface area is 762 Å². The van der Waals surface area contributed by atoms with Gasteiger partial charge in [-0.15, -0.1) is 0 Å². The van der Waals surface area contributed by atoms with E-state index in [1.165, 1.54) is 49.6 Å². The molecule has 0 amide bonds. The van der Waals surface area contributed by atoms with Crippen LogP contribution in [0.5, 0.6) is 0 Å². The molecule has 0 radical (unpaired) electrons. The molecule has 0 fully saturated rings. The number of benzene rings is 8. The molecule has 0 unspecified atom stereocenters. The van der Waals surface area contributed by atoms with Gasteiger partial charge in [-0.1, -0.05) is 377 Å². The Balaban J connectivity index is 0.000000156. The maximum absolute atomic E-state index is 7.89. The fraction of sp³-hybridized carbons (Fsp3) is 0.284. The van der Waals surface area contributed by atoms with E-state index in [0.29, 0.717) is 39.5 Å². The molecule has 0 aliphatic heterocycles. The summed E-state index contributed by atoms with van der Waals surface area (Å²) in [4.78, 5) is 32.0. The van der Waals surface area contributed by atoms with Gasteiger partial charge in [-0.2, -0.15) is 0 Å². The Morgan fingerprint density at radius 3 is 0.952 bits per heavy atom. The summed E-state index contributed by atoms with van der Waals surface area (Å²) >= 11 is 0. The molecule has 0 N–H and O–H groups in total. The van der Waals surface area contributed by atoms with Crippen LogP contribution < -0.4 is 0 Å². The second-order valence-corrected chi connectivity index (χ2v) is 38.6. The topological polar surface area (TPSA) is 100 Å². The third kappa shape index (κ3) is 23.7. The zero-order valence-electron chi connectivity index (χ0n) is 88.2. The standard InChI is InChI=1S/C27H24N2.C22H22N2.C17H21N.C16H19N.C15H17N.C10H15N.C9H13N/c1-27(2,3)26-20(19-11-5-4-6-12-19)17-18-25(28-26)29-23-15-9-7-13-21(23)22-14-8-10-16-24(22)29;1-15-13-14-20(23-21(15)22(2,3)4)24-18-11-7-5-9-16(18)17-10-6-8-12-19(17)24;1-5-14-11-12-15(13-9-7-6-8-10-13)16(18-14)17(2,3)4;1-12-10-11-14(13-8-6-5-7-9-13)17-15(12)16(2,3)4;1-15(2,3)14-13(10-7-11-16-14)12-8-5-4-6-9-12;1-8-6-5-7-11-9(8)10(2,3)4;1-9(2,3)8-4-6-10-7-5-8/h4-18H,1-3H3;5-14H,1-4H3;6-12H,5H2,1-4H3;5-11H,1-4H3;4-11H,1-3H3;5-7H,1-4H3;4-7H,1-3H3/i;1D3;5D2;1D3;;1D3;. The van der Waals surface area contributed by atoms with E-state index in [-0.39, 0.29) is 37.9 Å². The van der Waals surface area contributed by atoms with Crippen LogP contribution in [0.25, 0.3) is 99.9 Å². The van der Waals surface area contributed by atoms with Gasteiger partial charge >= 0.3 is 0 Å². The van der Waals surface area contributed by atoms with E-state index in [1.54, 1.807) is 49.5 Å². The molecule has 0 aliphatic rings. The van der Waals surface area contributed by atoms with E-state index in [1.807, 2.05) is 178 Å². The van der Waals surface area contributed by atoms with E-state index >= 15 is 0 Å². The molecular formula is C116H131N9. The van der Waals surface area contributed by atoms with Crippen molar-refractivity contribution in [2.75, 3.05) is 0 Å². The summed E-state index contributed by atoms with van der Waals surface area (Å²) in [6.07, 6.45) is 5.75. The van der Waals surface area contributed by atoms with E-state index < -0.39 is 26.9 Å². The smallest absolute Gasteiger partial charge is 0.137 e. The van der Waals surface area contributed by atoms with Crippen LogP contribution in [0.2, 0.25) is 0 Å². The molecule has 0 saturated heterocycles. The molecule has 8 aromatic carbocycles. The summed E-state index contributed by atoms with van der Waals surface area (Å²) in [5, 5.41) is 4.84. The fourth-order valence-electron chi connectivity index (χ4n) is 15.0. The number of fused-ring (bicyclic) bond motifs is 6. The molecule has 17 rings (SSSR count). The van der Waals surface area contributed by atoms with Crippen LogP contribution in [0.1, 0.15) is 230 Å². The van der Waals surface area contributed by atoms with Gasteiger partial charge in [-0.05, 0) is 150 Å². The first kappa shape index (κ1) is 78.4. The van der Waals surface area contributed by atoms with Crippen molar-refractivity contribution >= 4 is 43.6 Å². The van der Waals surface area contributed by atoms with Gasteiger partial charge in [0, 0.05) is 133 Å². The van der Waals surface area contributed by atoms with Crippen LogP contribution in [0.4, 0.5) is 0 Å². The molecule has 0 spiro atoms. The van der Waals surface area contributed by atoms with E-state index in [9.17, 15) is 0 Å². The number of hydrogen-bond acceptors (Lipinski definition) is 7. The average molecular weight is 1660 g/mol. The fourth-order valence-corrected chi connectivity index (χ4v) is 15.0. The lowest BCUT2D eigenvalue weighted by molar-refractivity contribution is 0.563. The maximum atomic E-state index is 7.89. The zero-order chi connectivity index (χ0) is 99.5. The van der Waals surface area contributed by atoms with Crippen LogP contribution in [0.3, 0.4) is 0 Å². The highest BCUT2D eigenvalue weighted by molar-refractivity contribution is 6.10. The number of hydrogen-bond donors (Lipinski definition) is 0. The lowest BCUT2D eigenvalue weighted by Gasteiger charge is -2.23. The molecule has 17 aromatic rings. The highest BCUT2D eigenvalue weighted by Crippen LogP contribution is 2.40. The molecule has 9 heteroatoms. The van der Waals surface area contributed by atoms with Gasteiger partial charge < -0.3 is 0 Å². The normalized spacial score (nSPS) is 13.5. The molecule has 640 valence electrons. The summed E-state index contributed by atoms with van der Waals surface area (Å²) in [7, 11) is 0. The van der Waals surface area contributed by atoms with Crippen LogP contribution >= 0.6 is 0 Å². The maximum Gasteiger partial charge on any atom is 0.137 e. The lowest BCUT2D eigenvalue weighted by atomic mass is 9.86. The highest BCUT2D eigenvalue weighted by Gasteiger charge is 2.27. The predicted molar refractivity (Wildman–Crippen MR) is 535 cm³/mol. The first-order valence-corrected chi connectivity index (χ1v) is 43.1. The SMILES string of the molecule is CC(C)(C)c1ccncc1.CC(C)(C)c1nc(-n2c3ccccc3c3ccccc32)ccc1-c1ccccc1.CC(C)(C)c1ncccc1-c1ccccc1.[2H]C([2H])(C)c1ccc(-c2ccccc2)c(C(C)(C)C)n1.[2H]C([2H])([2H])c1ccc(-c2ccccc2)nc1C(C)(C)C.[2H]C([2H])([2H])c1ccc(-n2c3ccccc3c3ccccc32)nc1C(C)(C)C.[2H]C([2H])([2H])c1cccnc1C(C)(C)C. The van der Waals surface area contributed by atoms with Gasteiger partial charge in [0.1, 0.15) is 11.6 Å². The Kier molecular flexibility index (Phi) is 25.0. The summed E-state index contributed by atoms with van der Waals surface area (Å²) in [6.45, 7) is 39.2. The Morgan fingerprint density at radius 2 is 0.576 bits per heavy atom. The summed E-state index contributed by atoms with van der Waals surface area (Å²) in [5.41, 5.74) is 20.5. The van der Waals surface area contributed by atoms with Crippen molar-refractivity contribution in [2.45, 2.75) is 217 Å². The van der Waals surface area contributed by atoms with Crippen LogP contribution in [-0.4, -0.2) is 44.0 Å². The van der Waals surface area contributed by atoms with E-state index in [4.69, 9.17) is 25.0 Å². The highest BCUT2D eigenvalue weighted by atomic mass is 15.1. The summed E-state index contributed by atoms with van der Waals surface area (Å²) in [5.74, 6) is 1.71. The zero-order valence-corrected chi connectivity index (χ0v) is 77.2. The van der Waals surface area contributed by atoms with Crippen molar-refractivity contribution in [3.8, 4) is 56.3 Å². The van der Waals surface area contributed by atoms with Gasteiger partial charge in [-0.25, -0.2) is 9.97 Å². The summed E-state index contributed by atoms with van der Waals surface area (Å²) < 4.78 is 88.9. The molecule has 0 bridgehead atoms. The number of aromatic nitrogens is 9. The average Bonchev–Trinajstić information content (AvgIpc) is 1.59. The first-order valence-electron chi connectivity index (χ1n) is 48.6. The van der Waals surface area contributed by atoms with Gasteiger partial charge in [0.25, 0.3) is 0 Å². The number of pyridine rings is 7. The van der Waals surface area contributed by atoms with Crippen LogP contribution in [0, 0.1) is 20.6 Å².